The van der Waals surface area contributed by atoms with Gasteiger partial charge in [0.1, 0.15) is 5.82 Å². The molecule has 4 rings (SSSR count). The highest BCUT2D eigenvalue weighted by Crippen LogP contribution is 2.38. The first-order valence-electron chi connectivity index (χ1n) is 9.94. The highest BCUT2D eigenvalue weighted by Gasteiger charge is 2.34. The highest BCUT2D eigenvalue weighted by molar-refractivity contribution is 5.30. The third kappa shape index (κ3) is 4.62. The van der Waals surface area contributed by atoms with Crippen LogP contribution < -0.4 is 5.32 Å². The van der Waals surface area contributed by atoms with Crippen molar-refractivity contribution in [3.63, 3.8) is 0 Å². The molecule has 9 heteroatoms. The number of nitrogens with one attached hydrogen (secondary N) is 1. The van der Waals surface area contributed by atoms with Gasteiger partial charge in [-0.1, -0.05) is 6.92 Å². The van der Waals surface area contributed by atoms with Gasteiger partial charge in [-0.3, -0.25) is 0 Å². The predicted octanol–water partition coefficient (Wildman–Crippen LogP) is 4.27. The molecule has 0 unspecified atom stereocenters. The molecule has 2 aliphatic rings. The van der Waals surface area contributed by atoms with Crippen LogP contribution in [-0.2, 0) is 12.6 Å². The van der Waals surface area contributed by atoms with Gasteiger partial charge < -0.3 is 5.32 Å². The zero-order chi connectivity index (χ0) is 19.9. The Kier molecular flexibility index (Phi) is 5.01. The van der Waals surface area contributed by atoms with E-state index in [4.69, 9.17) is 0 Å². The molecule has 2 aliphatic carbocycles. The summed E-state index contributed by atoms with van der Waals surface area (Å²) in [7, 11) is 0. The molecule has 28 heavy (non-hydrogen) atoms. The Morgan fingerprint density at radius 1 is 1.11 bits per heavy atom. The number of aromatic nitrogens is 5. The van der Waals surface area contributed by atoms with Crippen LogP contribution in [0.15, 0.2) is 12.3 Å². The number of hydrogen-bond acceptors (Lipinski definition) is 5. The zero-order valence-corrected chi connectivity index (χ0v) is 16.1. The van der Waals surface area contributed by atoms with Gasteiger partial charge in [0, 0.05) is 18.7 Å². The molecule has 0 spiro atoms. The molecule has 2 saturated carbocycles. The van der Waals surface area contributed by atoms with Gasteiger partial charge in [0.2, 0.25) is 5.95 Å². The summed E-state index contributed by atoms with van der Waals surface area (Å²) in [5.74, 6) is 3.09. The third-order valence-electron chi connectivity index (χ3n) is 5.69. The topological polar surface area (TPSA) is 68.5 Å². The minimum atomic E-state index is -4.50. The van der Waals surface area contributed by atoms with E-state index in [1.54, 1.807) is 0 Å². The molecule has 152 valence electrons. The second kappa shape index (κ2) is 7.33. The Hall–Kier alpha value is -2.19. The molecule has 1 N–H and O–H groups in total. The Labute approximate surface area is 162 Å². The van der Waals surface area contributed by atoms with Gasteiger partial charge in [-0.15, -0.1) is 0 Å². The summed E-state index contributed by atoms with van der Waals surface area (Å²) >= 11 is 0. The normalized spacial score (nSPS) is 19.5. The maximum absolute atomic E-state index is 12.9. The molecule has 0 aromatic carbocycles. The lowest BCUT2D eigenvalue weighted by Gasteiger charge is -2.15. The summed E-state index contributed by atoms with van der Waals surface area (Å²) < 4.78 is 39.8. The van der Waals surface area contributed by atoms with Gasteiger partial charge in [0.25, 0.3) is 5.95 Å². The van der Waals surface area contributed by atoms with Crippen molar-refractivity contribution >= 4 is 5.95 Å². The number of hydrogen-bond donors (Lipinski definition) is 1. The van der Waals surface area contributed by atoms with Crippen molar-refractivity contribution in [2.45, 2.75) is 64.6 Å². The molecule has 0 saturated heterocycles. The van der Waals surface area contributed by atoms with Crippen LogP contribution >= 0.6 is 0 Å². The molecule has 2 atom stereocenters. The van der Waals surface area contributed by atoms with Gasteiger partial charge in [-0.05, 0) is 62.8 Å². The van der Waals surface area contributed by atoms with E-state index in [0.29, 0.717) is 30.0 Å². The van der Waals surface area contributed by atoms with E-state index in [0.717, 1.165) is 23.1 Å². The predicted molar refractivity (Wildman–Crippen MR) is 98.0 cm³/mol. The van der Waals surface area contributed by atoms with Gasteiger partial charge in [-0.25, -0.2) is 4.68 Å². The fraction of sp³-hybridized carbons (Fsp3) is 0.684. The molecule has 0 amide bonds. The fourth-order valence-electron chi connectivity index (χ4n) is 3.45. The number of nitrogens with zero attached hydrogens (tertiary/aromatic N) is 5. The summed E-state index contributed by atoms with van der Waals surface area (Å²) in [6.45, 7) is 4.31. The van der Waals surface area contributed by atoms with Crippen LogP contribution in [0.5, 0.6) is 0 Å². The number of rotatable bonds is 8. The smallest absolute Gasteiger partial charge is 0.351 e. The minimum absolute atomic E-state index is 0.116. The molecule has 2 fully saturated rings. The van der Waals surface area contributed by atoms with E-state index < -0.39 is 11.9 Å². The monoisotopic (exact) mass is 394 g/mol. The van der Waals surface area contributed by atoms with Crippen molar-refractivity contribution in [1.82, 2.24) is 24.7 Å². The van der Waals surface area contributed by atoms with E-state index >= 15 is 0 Å². The van der Waals surface area contributed by atoms with Crippen LogP contribution in [0.4, 0.5) is 19.1 Å². The number of halogens is 3. The van der Waals surface area contributed by atoms with E-state index in [1.807, 2.05) is 0 Å². The maximum atomic E-state index is 12.9. The van der Waals surface area contributed by atoms with Crippen LogP contribution in [0.25, 0.3) is 5.95 Å². The number of aryl methyl sites for hydroxylation is 1. The molecule has 2 heterocycles. The minimum Gasteiger partial charge on any atom is -0.351 e. The molecular formula is C19H25F3N6. The second-order valence-electron chi connectivity index (χ2n) is 8.14. The van der Waals surface area contributed by atoms with Gasteiger partial charge in [-0.2, -0.15) is 33.2 Å². The van der Waals surface area contributed by atoms with Crippen LogP contribution in [0.3, 0.4) is 0 Å². The van der Waals surface area contributed by atoms with E-state index in [-0.39, 0.29) is 12.0 Å². The Balaban J connectivity index is 1.57. The van der Waals surface area contributed by atoms with E-state index in [1.165, 1.54) is 31.9 Å². The Morgan fingerprint density at radius 2 is 1.82 bits per heavy atom. The maximum Gasteiger partial charge on any atom is 0.435 e. The summed E-state index contributed by atoms with van der Waals surface area (Å²) in [6.07, 6.45) is 3.28. The molecule has 0 radical (unpaired) electrons. The van der Waals surface area contributed by atoms with Gasteiger partial charge in [0.15, 0.2) is 5.69 Å². The van der Waals surface area contributed by atoms with Crippen LogP contribution in [-0.4, -0.2) is 30.8 Å². The molecular weight excluding hydrogens is 369 g/mol. The van der Waals surface area contributed by atoms with Crippen LogP contribution in [0.1, 0.15) is 57.5 Å². The molecule has 2 aromatic rings. The van der Waals surface area contributed by atoms with Gasteiger partial charge in [0.05, 0.1) is 0 Å². The quantitative estimate of drug-likeness (QED) is 0.724. The van der Waals surface area contributed by atoms with E-state index in [9.17, 15) is 13.2 Å². The van der Waals surface area contributed by atoms with Crippen molar-refractivity contribution in [1.29, 1.82) is 0 Å². The average molecular weight is 394 g/mol. The van der Waals surface area contributed by atoms with Crippen molar-refractivity contribution in [2.24, 2.45) is 17.8 Å². The first-order valence-corrected chi connectivity index (χ1v) is 9.94. The first-order chi connectivity index (χ1) is 13.3. The summed E-state index contributed by atoms with van der Waals surface area (Å²) in [5, 5.41) is 6.89. The molecule has 2 aromatic heterocycles. The fourth-order valence-corrected chi connectivity index (χ4v) is 3.45. The second-order valence-corrected chi connectivity index (χ2v) is 8.14. The van der Waals surface area contributed by atoms with Crippen molar-refractivity contribution < 1.29 is 13.2 Å². The van der Waals surface area contributed by atoms with Crippen LogP contribution in [0, 0.1) is 17.8 Å². The van der Waals surface area contributed by atoms with E-state index in [2.05, 4.69) is 39.2 Å². The Morgan fingerprint density at radius 3 is 2.43 bits per heavy atom. The largest absolute Gasteiger partial charge is 0.435 e. The summed E-state index contributed by atoms with van der Waals surface area (Å²) in [6, 6.07) is 1.15. The molecule has 0 bridgehead atoms. The standard InChI is InChI=1S/C19H25F3N6/c1-11(13-4-5-13)3-8-16-24-17(23-12(2)14-6-7-14)26-18(25-16)28-10-9-15(27-28)19(20,21)22/h9-14H,3-8H2,1-2H3,(H,23,24,25,26)/t11-,12+/m0/s1. The molecule has 0 aliphatic heterocycles. The SMILES string of the molecule is C[C@@H](CCc1nc(N[C@H](C)C2CC2)nc(-n2ccc(C(F)(F)F)n2)n1)C1CC1. The zero-order valence-electron chi connectivity index (χ0n) is 16.1. The van der Waals surface area contributed by atoms with Crippen molar-refractivity contribution in [2.75, 3.05) is 5.32 Å². The van der Waals surface area contributed by atoms with Gasteiger partial charge >= 0.3 is 6.18 Å². The lowest BCUT2D eigenvalue weighted by Crippen LogP contribution is -2.21. The summed E-state index contributed by atoms with van der Waals surface area (Å²) in [5.41, 5.74) is -0.960. The number of alkyl halides is 3. The average Bonchev–Trinajstić information content (AvgIpc) is 3.55. The lowest BCUT2D eigenvalue weighted by molar-refractivity contribution is -0.141. The number of anilines is 1. The molecule has 6 nitrogen and oxygen atoms in total. The van der Waals surface area contributed by atoms with Crippen molar-refractivity contribution in [3.8, 4) is 5.95 Å². The van der Waals surface area contributed by atoms with Crippen LogP contribution in [0.2, 0.25) is 0 Å². The third-order valence-corrected chi connectivity index (χ3v) is 5.69. The highest BCUT2D eigenvalue weighted by atomic mass is 19.4. The van der Waals surface area contributed by atoms with Crippen molar-refractivity contribution in [3.05, 3.63) is 23.8 Å². The Bertz CT molecular complexity index is 825. The summed E-state index contributed by atoms with van der Waals surface area (Å²) in [4.78, 5) is 13.2. The first kappa shape index (κ1) is 19.1. The lowest BCUT2D eigenvalue weighted by atomic mass is 10.0.